The molecule has 2 aliphatic heterocycles. The minimum Gasteiger partial charge on any atom is -0.494 e. The minimum atomic E-state index is -0.478. The van der Waals surface area contributed by atoms with Gasteiger partial charge in [0, 0.05) is 12.3 Å². The standard InChI is InChI=1S/C24H26FNO5/c1-29-23-8-7-17(9-21(23)25)10-22(27)18-11-19-14-30-15-20(12-18)26(19)24(28)31-13-16-5-3-2-4-6-16/h2-9,18-20H,10-15H2,1H3. The number of amides is 1. The lowest BCUT2D eigenvalue weighted by Crippen LogP contribution is -2.60. The summed E-state index contributed by atoms with van der Waals surface area (Å²) in [7, 11) is 1.41. The number of carbonyl (C=O) groups is 2. The molecule has 2 aromatic carbocycles. The van der Waals surface area contributed by atoms with Crippen molar-refractivity contribution in [2.24, 2.45) is 5.92 Å². The smallest absolute Gasteiger partial charge is 0.410 e. The summed E-state index contributed by atoms with van der Waals surface area (Å²) in [4.78, 5) is 27.4. The van der Waals surface area contributed by atoms with E-state index in [4.69, 9.17) is 14.2 Å². The average molecular weight is 427 g/mol. The summed E-state index contributed by atoms with van der Waals surface area (Å²) in [5, 5.41) is 0. The number of fused-ring (bicyclic) bond motifs is 2. The van der Waals surface area contributed by atoms with E-state index < -0.39 is 5.82 Å². The first-order valence-electron chi connectivity index (χ1n) is 10.5. The summed E-state index contributed by atoms with van der Waals surface area (Å²) in [6.45, 7) is 0.984. The van der Waals surface area contributed by atoms with E-state index >= 15 is 0 Å². The highest BCUT2D eigenvalue weighted by molar-refractivity contribution is 5.84. The fourth-order valence-corrected chi connectivity index (χ4v) is 4.44. The molecule has 0 radical (unpaired) electrons. The predicted molar refractivity (Wildman–Crippen MR) is 111 cm³/mol. The second-order valence-corrected chi connectivity index (χ2v) is 8.07. The predicted octanol–water partition coefficient (Wildman–Crippen LogP) is 3.76. The van der Waals surface area contributed by atoms with Crippen molar-refractivity contribution in [2.45, 2.75) is 38.0 Å². The number of hydrogen-bond donors (Lipinski definition) is 0. The SMILES string of the molecule is COc1ccc(CC(=O)C2CC3COCC(C2)N3C(=O)OCc2ccccc2)cc1F. The fourth-order valence-electron chi connectivity index (χ4n) is 4.44. The van der Waals surface area contributed by atoms with E-state index in [0.29, 0.717) is 31.6 Å². The molecule has 2 heterocycles. The summed E-state index contributed by atoms with van der Waals surface area (Å²) in [5.41, 5.74) is 1.54. The van der Waals surface area contributed by atoms with Crippen LogP contribution in [0.3, 0.4) is 0 Å². The van der Waals surface area contributed by atoms with Gasteiger partial charge < -0.3 is 14.2 Å². The molecule has 164 valence electrons. The number of benzene rings is 2. The molecule has 0 saturated carbocycles. The summed E-state index contributed by atoms with van der Waals surface area (Å²) in [6, 6.07) is 13.7. The number of ether oxygens (including phenoxy) is 3. The van der Waals surface area contributed by atoms with Crippen LogP contribution in [-0.4, -0.2) is 49.2 Å². The van der Waals surface area contributed by atoms with Crippen LogP contribution in [-0.2, 0) is 27.3 Å². The molecule has 31 heavy (non-hydrogen) atoms. The van der Waals surface area contributed by atoms with Gasteiger partial charge in [0.1, 0.15) is 12.4 Å². The van der Waals surface area contributed by atoms with Crippen molar-refractivity contribution in [3.05, 3.63) is 65.5 Å². The van der Waals surface area contributed by atoms with Crippen LogP contribution < -0.4 is 4.74 Å². The molecule has 6 nitrogen and oxygen atoms in total. The molecule has 2 aromatic rings. The molecule has 0 aromatic heterocycles. The van der Waals surface area contributed by atoms with E-state index in [0.717, 1.165) is 5.56 Å². The van der Waals surface area contributed by atoms with Gasteiger partial charge in [-0.1, -0.05) is 36.4 Å². The van der Waals surface area contributed by atoms with E-state index in [9.17, 15) is 14.0 Å². The molecule has 0 N–H and O–H groups in total. The minimum absolute atomic E-state index is 0.0544. The van der Waals surface area contributed by atoms with E-state index in [1.807, 2.05) is 30.3 Å². The fraction of sp³-hybridized carbons (Fsp3) is 0.417. The van der Waals surface area contributed by atoms with Crippen LogP contribution in [0.4, 0.5) is 9.18 Å². The molecule has 2 aliphatic rings. The van der Waals surface area contributed by atoms with E-state index in [1.54, 1.807) is 11.0 Å². The second-order valence-electron chi connectivity index (χ2n) is 8.07. The zero-order valence-corrected chi connectivity index (χ0v) is 17.5. The van der Waals surface area contributed by atoms with Crippen LogP contribution in [0, 0.1) is 11.7 Å². The highest BCUT2D eigenvalue weighted by Gasteiger charge is 2.44. The van der Waals surface area contributed by atoms with Gasteiger partial charge in [0.15, 0.2) is 11.6 Å². The largest absolute Gasteiger partial charge is 0.494 e. The summed E-state index contributed by atoms with van der Waals surface area (Å²) in [6.07, 6.45) is 0.831. The van der Waals surface area contributed by atoms with Crippen molar-refractivity contribution in [3.8, 4) is 5.75 Å². The Kier molecular flexibility index (Phi) is 6.51. The maximum absolute atomic E-state index is 14.0. The van der Waals surface area contributed by atoms with Crippen LogP contribution in [0.2, 0.25) is 0 Å². The van der Waals surface area contributed by atoms with Crippen molar-refractivity contribution < 1.29 is 28.2 Å². The Morgan fingerprint density at radius 2 is 1.77 bits per heavy atom. The van der Waals surface area contributed by atoms with Gasteiger partial charge >= 0.3 is 6.09 Å². The van der Waals surface area contributed by atoms with Crippen molar-refractivity contribution in [2.75, 3.05) is 20.3 Å². The third kappa shape index (κ3) is 4.88. The van der Waals surface area contributed by atoms with Gasteiger partial charge in [0.05, 0.1) is 32.4 Å². The Hall–Kier alpha value is -2.93. The number of carbonyl (C=O) groups excluding carboxylic acids is 2. The third-order valence-electron chi connectivity index (χ3n) is 5.99. The molecule has 7 heteroatoms. The van der Waals surface area contributed by atoms with Crippen LogP contribution in [0.1, 0.15) is 24.0 Å². The Morgan fingerprint density at radius 1 is 1.06 bits per heavy atom. The number of ketones is 1. The second kappa shape index (κ2) is 9.47. The number of nitrogens with zero attached hydrogens (tertiary/aromatic N) is 1. The zero-order chi connectivity index (χ0) is 21.8. The molecule has 2 saturated heterocycles. The normalized spacial score (nSPS) is 22.6. The topological polar surface area (TPSA) is 65.1 Å². The quantitative estimate of drug-likeness (QED) is 0.702. The van der Waals surface area contributed by atoms with Crippen LogP contribution in [0.5, 0.6) is 5.75 Å². The number of halogens is 1. The van der Waals surface area contributed by atoms with Crippen molar-refractivity contribution in [1.29, 1.82) is 0 Å². The van der Waals surface area contributed by atoms with Gasteiger partial charge in [0.25, 0.3) is 0 Å². The molecule has 0 spiro atoms. The van der Waals surface area contributed by atoms with E-state index in [1.165, 1.54) is 19.2 Å². The van der Waals surface area contributed by atoms with Gasteiger partial charge in [-0.25, -0.2) is 9.18 Å². The molecular weight excluding hydrogens is 401 g/mol. The number of Topliss-reactive ketones (excluding diaryl/α,β-unsaturated/α-hetero) is 1. The zero-order valence-electron chi connectivity index (χ0n) is 17.5. The Balaban J connectivity index is 1.37. The Morgan fingerprint density at radius 3 is 2.42 bits per heavy atom. The monoisotopic (exact) mass is 427 g/mol. The Labute approximate surface area is 180 Å². The van der Waals surface area contributed by atoms with Crippen molar-refractivity contribution >= 4 is 11.9 Å². The molecule has 1 amide bonds. The van der Waals surface area contributed by atoms with Gasteiger partial charge in [-0.15, -0.1) is 0 Å². The summed E-state index contributed by atoms with van der Waals surface area (Å²) in [5.74, 6) is -0.458. The van der Waals surface area contributed by atoms with Gasteiger partial charge in [0.2, 0.25) is 0 Å². The van der Waals surface area contributed by atoms with Gasteiger partial charge in [-0.3, -0.25) is 9.69 Å². The third-order valence-corrected chi connectivity index (χ3v) is 5.99. The maximum atomic E-state index is 14.0. The number of morpholine rings is 1. The Bertz CT molecular complexity index is 921. The highest BCUT2D eigenvalue weighted by Crippen LogP contribution is 2.33. The van der Waals surface area contributed by atoms with E-state index in [-0.39, 0.29) is 48.7 Å². The van der Waals surface area contributed by atoms with Crippen LogP contribution >= 0.6 is 0 Å². The average Bonchev–Trinajstić information content (AvgIpc) is 2.77. The molecule has 2 bridgehead atoms. The molecule has 2 fully saturated rings. The molecule has 2 atom stereocenters. The van der Waals surface area contributed by atoms with Crippen molar-refractivity contribution in [1.82, 2.24) is 4.90 Å². The van der Waals surface area contributed by atoms with Crippen LogP contribution in [0.25, 0.3) is 0 Å². The first kappa shape index (κ1) is 21.3. The number of hydrogen-bond acceptors (Lipinski definition) is 5. The number of piperidine rings is 1. The van der Waals surface area contributed by atoms with Gasteiger partial charge in [-0.05, 0) is 36.1 Å². The van der Waals surface area contributed by atoms with Gasteiger partial charge in [-0.2, -0.15) is 0 Å². The highest BCUT2D eigenvalue weighted by atomic mass is 19.1. The lowest BCUT2D eigenvalue weighted by molar-refractivity contribution is -0.130. The number of methoxy groups -OCH3 is 1. The van der Waals surface area contributed by atoms with Crippen molar-refractivity contribution in [3.63, 3.8) is 0 Å². The molecule has 4 rings (SSSR count). The molecular formula is C24H26FNO5. The summed E-state index contributed by atoms with van der Waals surface area (Å²) < 4.78 is 30.1. The lowest BCUT2D eigenvalue weighted by atomic mass is 9.81. The molecule has 0 aliphatic carbocycles. The number of rotatable bonds is 6. The first-order chi connectivity index (χ1) is 15.0. The van der Waals surface area contributed by atoms with E-state index in [2.05, 4.69) is 0 Å². The maximum Gasteiger partial charge on any atom is 0.410 e. The summed E-state index contributed by atoms with van der Waals surface area (Å²) >= 11 is 0. The lowest BCUT2D eigenvalue weighted by Gasteiger charge is -2.47. The first-order valence-corrected chi connectivity index (χ1v) is 10.5. The molecule has 2 unspecified atom stereocenters. The van der Waals surface area contributed by atoms with Crippen LogP contribution in [0.15, 0.2) is 48.5 Å².